The number of nitro groups is 1. The van der Waals surface area contributed by atoms with Crippen LogP contribution < -0.4 is 5.32 Å². The van der Waals surface area contributed by atoms with Crippen molar-refractivity contribution in [3.05, 3.63) is 38.8 Å². The van der Waals surface area contributed by atoms with E-state index in [1.165, 1.54) is 0 Å². The lowest BCUT2D eigenvalue weighted by molar-refractivity contribution is -0.389. The molecule has 106 valence electrons. The first-order valence-corrected chi connectivity index (χ1v) is 6.09. The Morgan fingerprint density at radius 1 is 1.65 bits per heavy atom. The van der Waals surface area contributed by atoms with Crippen molar-refractivity contribution in [1.29, 1.82) is 0 Å². The second-order valence-electron chi connectivity index (χ2n) is 3.84. The number of carbonyl (C=O) groups excluding carboxylic acids is 1. The monoisotopic (exact) mass is 298 g/mol. The quantitative estimate of drug-likeness (QED) is 0.633. The molecule has 2 aromatic heterocycles. The number of aromatic amines is 1. The number of hydrogen-bond acceptors (Lipinski definition) is 5. The summed E-state index contributed by atoms with van der Waals surface area (Å²) in [4.78, 5) is 21.7. The molecule has 1 amide bonds. The molecule has 20 heavy (non-hydrogen) atoms. The molecular weight excluding hydrogens is 288 g/mol. The fraction of sp³-hybridized carbons (Fsp3) is 0.300. The third-order valence-corrected chi connectivity index (χ3v) is 2.90. The van der Waals surface area contributed by atoms with Gasteiger partial charge in [-0.1, -0.05) is 16.7 Å². The van der Waals surface area contributed by atoms with Crippen LogP contribution in [0.15, 0.2) is 12.3 Å². The molecule has 0 atom stereocenters. The van der Waals surface area contributed by atoms with Gasteiger partial charge in [0.1, 0.15) is 0 Å². The molecule has 2 N–H and O–H groups in total. The average molecular weight is 299 g/mol. The van der Waals surface area contributed by atoms with Gasteiger partial charge in [-0.05, 0) is 17.9 Å². The second kappa shape index (κ2) is 5.70. The van der Waals surface area contributed by atoms with Gasteiger partial charge in [0, 0.05) is 12.7 Å². The Morgan fingerprint density at radius 2 is 2.40 bits per heavy atom. The predicted molar refractivity (Wildman–Crippen MR) is 69.3 cm³/mol. The summed E-state index contributed by atoms with van der Waals surface area (Å²) < 4.78 is 1.72. The van der Waals surface area contributed by atoms with E-state index in [-0.39, 0.29) is 17.3 Å². The summed E-state index contributed by atoms with van der Waals surface area (Å²) in [5.74, 6) is -1.11. The maximum atomic E-state index is 11.8. The number of halogens is 1. The molecule has 0 unspecified atom stereocenters. The van der Waals surface area contributed by atoms with Crippen LogP contribution in [0.4, 0.5) is 5.82 Å². The standard InChI is InChI=1S/C10H11ClN6O3/c1-2-16-4-3-6(15-16)5-12-10(18)8-7(11)9(14-13-8)17(19)20/h3-4H,2,5H2,1H3,(H,12,18)(H,13,14). The van der Waals surface area contributed by atoms with Gasteiger partial charge in [-0.2, -0.15) is 5.10 Å². The number of rotatable bonds is 5. The van der Waals surface area contributed by atoms with Crippen LogP contribution in [0.3, 0.4) is 0 Å². The third kappa shape index (κ3) is 2.77. The number of nitrogens with zero attached hydrogens (tertiary/aromatic N) is 4. The molecule has 0 saturated heterocycles. The smallest absolute Gasteiger partial charge is 0.358 e. The van der Waals surface area contributed by atoms with Crippen LogP contribution in [0.1, 0.15) is 23.1 Å². The molecule has 2 rings (SSSR count). The van der Waals surface area contributed by atoms with Crippen molar-refractivity contribution in [3.63, 3.8) is 0 Å². The number of carbonyl (C=O) groups is 1. The number of amides is 1. The van der Waals surface area contributed by atoms with Gasteiger partial charge < -0.3 is 15.4 Å². The lowest BCUT2D eigenvalue weighted by Gasteiger charge is -2.00. The van der Waals surface area contributed by atoms with Crippen LogP contribution in [0.5, 0.6) is 0 Å². The fourth-order valence-electron chi connectivity index (χ4n) is 1.52. The Balaban J connectivity index is 2.03. The normalized spacial score (nSPS) is 10.5. The highest BCUT2D eigenvalue weighted by atomic mass is 35.5. The van der Waals surface area contributed by atoms with E-state index in [1.807, 2.05) is 6.92 Å². The van der Waals surface area contributed by atoms with Crippen molar-refractivity contribution in [3.8, 4) is 0 Å². The van der Waals surface area contributed by atoms with Crippen LogP contribution in [0, 0.1) is 10.1 Å². The van der Waals surface area contributed by atoms with E-state index in [0.717, 1.165) is 6.54 Å². The minimum atomic E-state index is -0.741. The highest BCUT2D eigenvalue weighted by Crippen LogP contribution is 2.24. The first-order valence-electron chi connectivity index (χ1n) is 5.71. The topological polar surface area (TPSA) is 119 Å². The van der Waals surface area contributed by atoms with E-state index in [2.05, 4.69) is 20.6 Å². The van der Waals surface area contributed by atoms with E-state index in [4.69, 9.17) is 11.6 Å². The van der Waals surface area contributed by atoms with Crippen molar-refractivity contribution in [2.24, 2.45) is 0 Å². The van der Waals surface area contributed by atoms with Gasteiger partial charge in [0.25, 0.3) is 5.91 Å². The highest BCUT2D eigenvalue weighted by molar-refractivity contribution is 6.35. The zero-order valence-electron chi connectivity index (χ0n) is 10.5. The lowest BCUT2D eigenvalue weighted by atomic mass is 10.3. The van der Waals surface area contributed by atoms with Crippen LogP contribution in [-0.4, -0.2) is 30.8 Å². The second-order valence-corrected chi connectivity index (χ2v) is 4.22. The van der Waals surface area contributed by atoms with Crippen molar-refractivity contribution < 1.29 is 9.72 Å². The van der Waals surface area contributed by atoms with Gasteiger partial charge in [-0.25, -0.2) is 0 Å². The molecular formula is C10H11ClN6O3. The number of H-pyrrole nitrogens is 1. The molecule has 2 aromatic rings. The summed E-state index contributed by atoms with van der Waals surface area (Å²) in [6, 6.07) is 1.76. The third-order valence-electron chi connectivity index (χ3n) is 2.54. The van der Waals surface area contributed by atoms with Gasteiger partial charge in [0.05, 0.1) is 12.2 Å². The van der Waals surface area contributed by atoms with Crippen molar-refractivity contribution in [2.45, 2.75) is 20.0 Å². The minimum absolute atomic E-state index is 0.183. The molecule has 10 heteroatoms. The van der Waals surface area contributed by atoms with Crippen LogP contribution in [0.2, 0.25) is 5.02 Å². The molecule has 9 nitrogen and oxygen atoms in total. The minimum Gasteiger partial charge on any atom is -0.358 e. The van der Waals surface area contributed by atoms with Gasteiger partial charge in [0.2, 0.25) is 0 Å². The molecule has 0 radical (unpaired) electrons. The fourth-order valence-corrected chi connectivity index (χ4v) is 1.76. The number of aromatic nitrogens is 4. The van der Waals surface area contributed by atoms with Gasteiger partial charge in [-0.15, -0.1) is 5.10 Å². The average Bonchev–Trinajstić information content (AvgIpc) is 3.02. The first-order chi connectivity index (χ1) is 9.52. The predicted octanol–water partition coefficient (Wildman–Crippen LogP) is 1.12. The molecule has 0 fully saturated rings. The summed E-state index contributed by atoms with van der Waals surface area (Å²) in [7, 11) is 0. The van der Waals surface area contributed by atoms with E-state index in [9.17, 15) is 14.9 Å². The number of nitrogens with one attached hydrogen (secondary N) is 2. The molecule has 0 aliphatic rings. The Morgan fingerprint density at radius 3 is 2.95 bits per heavy atom. The summed E-state index contributed by atoms with van der Waals surface area (Å²) in [5.41, 5.74) is 0.453. The van der Waals surface area contributed by atoms with Crippen molar-refractivity contribution >= 4 is 23.3 Å². The SMILES string of the molecule is CCn1ccc(CNC(=O)c2n[nH]c([N+](=O)[O-])c2Cl)n1. The highest BCUT2D eigenvalue weighted by Gasteiger charge is 2.24. The van der Waals surface area contributed by atoms with E-state index in [1.54, 1.807) is 16.9 Å². The zero-order chi connectivity index (χ0) is 14.7. The summed E-state index contributed by atoms with van der Waals surface area (Å²) in [5, 5.41) is 22.6. The van der Waals surface area contributed by atoms with Crippen LogP contribution in [0.25, 0.3) is 0 Å². The van der Waals surface area contributed by atoms with E-state index >= 15 is 0 Å². The Labute approximate surface area is 118 Å². The first kappa shape index (κ1) is 14.0. The van der Waals surface area contributed by atoms with E-state index < -0.39 is 16.6 Å². The van der Waals surface area contributed by atoms with Crippen LogP contribution in [-0.2, 0) is 13.1 Å². The van der Waals surface area contributed by atoms with Gasteiger partial charge in [0.15, 0.2) is 10.7 Å². The lowest BCUT2D eigenvalue weighted by Crippen LogP contribution is -2.23. The summed E-state index contributed by atoms with van der Waals surface area (Å²) >= 11 is 5.71. The number of aryl methyl sites for hydroxylation is 1. The van der Waals surface area contributed by atoms with Crippen molar-refractivity contribution in [2.75, 3.05) is 0 Å². The Kier molecular flexibility index (Phi) is 3.99. The van der Waals surface area contributed by atoms with Crippen LogP contribution >= 0.6 is 11.6 Å². The largest absolute Gasteiger partial charge is 0.362 e. The van der Waals surface area contributed by atoms with Gasteiger partial charge in [-0.3, -0.25) is 9.48 Å². The number of hydrogen-bond donors (Lipinski definition) is 2. The molecule has 0 aromatic carbocycles. The molecule has 2 heterocycles. The van der Waals surface area contributed by atoms with Gasteiger partial charge >= 0.3 is 5.82 Å². The Bertz CT molecular complexity index is 649. The molecule has 0 spiro atoms. The zero-order valence-corrected chi connectivity index (χ0v) is 11.2. The summed E-state index contributed by atoms with van der Waals surface area (Å²) in [6.45, 7) is 2.85. The molecule has 0 saturated carbocycles. The Hall–Kier alpha value is -2.42. The maximum Gasteiger partial charge on any atom is 0.362 e. The molecule has 0 aliphatic heterocycles. The summed E-state index contributed by atoms with van der Waals surface area (Å²) in [6.07, 6.45) is 1.79. The molecule has 0 aliphatic carbocycles. The molecule has 0 bridgehead atoms. The van der Waals surface area contributed by atoms with Crippen molar-refractivity contribution in [1.82, 2.24) is 25.3 Å². The maximum absolute atomic E-state index is 11.8. The van der Waals surface area contributed by atoms with E-state index in [0.29, 0.717) is 5.69 Å².